The van der Waals surface area contributed by atoms with Gasteiger partial charge in [0.05, 0.1) is 20.8 Å². The van der Waals surface area contributed by atoms with Crippen LogP contribution in [-0.4, -0.2) is 32.4 Å². The van der Waals surface area contributed by atoms with Crippen LogP contribution in [0.3, 0.4) is 0 Å². The van der Waals surface area contributed by atoms with Gasteiger partial charge in [0.1, 0.15) is 11.8 Å². The number of hydrogen-bond donors (Lipinski definition) is 1. The molecule has 7 nitrogen and oxygen atoms in total. The molecule has 0 aliphatic rings. The highest BCUT2D eigenvalue weighted by Crippen LogP contribution is 2.28. The zero-order valence-corrected chi connectivity index (χ0v) is 17.8. The molecule has 160 valence electrons. The van der Waals surface area contributed by atoms with Gasteiger partial charge in [-0.2, -0.15) is 10.2 Å². The Balaban J connectivity index is 1.62. The van der Waals surface area contributed by atoms with E-state index in [1.54, 1.807) is 20.3 Å². The minimum Gasteiger partial charge on any atom is -0.494 e. The number of hydrogen-bond acceptors (Lipinski definition) is 7. The van der Waals surface area contributed by atoms with Gasteiger partial charge in [0.2, 0.25) is 17.5 Å². The first-order chi connectivity index (χ1) is 15.2. The molecule has 0 radical (unpaired) electrons. The van der Waals surface area contributed by atoms with Crippen molar-refractivity contribution in [2.45, 2.75) is 13.3 Å². The molecule has 1 aromatic heterocycles. The number of nitrogens with zero attached hydrogens (tertiary/aromatic N) is 2. The number of anilines is 1. The Morgan fingerprint density at radius 1 is 1.06 bits per heavy atom. The summed E-state index contributed by atoms with van der Waals surface area (Å²) in [6.45, 7) is 3.15. The van der Waals surface area contributed by atoms with Crippen molar-refractivity contribution < 1.29 is 18.6 Å². The Morgan fingerprint density at radius 2 is 1.84 bits per heavy atom. The lowest BCUT2D eigenvalue weighted by Gasteiger charge is -2.09. The highest BCUT2D eigenvalue weighted by Gasteiger charge is 2.11. The van der Waals surface area contributed by atoms with Crippen LogP contribution >= 0.6 is 0 Å². The van der Waals surface area contributed by atoms with Crippen molar-refractivity contribution >= 4 is 18.0 Å². The second-order valence-electron chi connectivity index (χ2n) is 6.54. The van der Waals surface area contributed by atoms with Gasteiger partial charge in [-0.1, -0.05) is 18.2 Å². The van der Waals surface area contributed by atoms with Crippen LogP contribution in [0, 0.1) is 11.3 Å². The maximum absolute atomic E-state index is 9.36. The third-order valence-corrected chi connectivity index (χ3v) is 4.51. The second kappa shape index (κ2) is 10.7. The van der Waals surface area contributed by atoms with Crippen molar-refractivity contribution in [1.29, 1.82) is 5.26 Å². The van der Waals surface area contributed by atoms with Gasteiger partial charge in [-0.15, -0.1) is 0 Å². The van der Waals surface area contributed by atoms with Crippen molar-refractivity contribution in [3.05, 3.63) is 65.2 Å². The predicted molar refractivity (Wildman–Crippen MR) is 119 cm³/mol. The van der Waals surface area contributed by atoms with Crippen molar-refractivity contribution in [2.24, 2.45) is 0 Å². The van der Waals surface area contributed by atoms with Crippen LogP contribution in [-0.2, 0) is 6.42 Å². The van der Waals surface area contributed by atoms with Crippen molar-refractivity contribution in [3.8, 4) is 23.3 Å². The van der Waals surface area contributed by atoms with Crippen LogP contribution in [0.2, 0.25) is 0 Å². The Morgan fingerprint density at radius 3 is 2.52 bits per heavy atom. The zero-order valence-electron chi connectivity index (χ0n) is 17.8. The summed E-state index contributed by atoms with van der Waals surface area (Å²) in [7, 11) is 3.21. The molecule has 0 amide bonds. The number of aromatic nitrogens is 1. The fourth-order valence-corrected chi connectivity index (χ4v) is 2.97. The first kappa shape index (κ1) is 21.8. The van der Waals surface area contributed by atoms with E-state index in [-0.39, 0.29) is 5.69 Å². The molecule has 0 fully saturated rings. The van der Waals surface area contributed by atoms with Crippen LogP contribution in [0.5, 0.6) is 17.2 Å². The van der Waals surface area contributed by atoms with Gasteiger partial charge in [0.15, 0.2) is 11.5 Å². The van der Waals surface area contributed by atoms with E-state index < -0.39 is 0 Å². The largest absolute Gasteiger partial charge is 0.494 e. The number of benzene rings is 2. The maximum Gasteiger partial charge on any atom is 0.232 e. The fraction of sp³-hybridized carbons (Fsp3) is 0.250. The summed E-state index contributed by atoms with van der Waals surface area (Å²) in [6.07, 6.45) is 4.31. The minimum atomic E-state index is 0.221. The first-order valence-electron chi connectivity index (χ1n) is 9.93. The molecule has 0 unspecified atom stereocenters. The molecule has 0 bridgehead atoms. The molecule has 3 aromatic rings. The molecule has 0 saturated heterocycles. The van der Waals surface area contributed by atoms with Gasteiger partial charge in [-0.3, -0.25) is 0 Å². The van der Waals surface area contributed by atoms with Crippen LogP contribution in [0.4, 0.5) is 5.88 Å². The highest BCUT2D eigenvalue weighted by atomic mass is 16.5. The summed E-state index contributed by atoms with van der Waals surface area (Å²) >= 11 is 0. The summed E-state index contributed by atoms with van der Waals surface area (Å²) < 4.78 is 21.7. The Bertz CT molecular complexity index is 1070. The number of methoxy groups -OCH3 is 2. The van der Waals surface area contributed by atoms with E-state index in [1.807, 2.05) is 55.5 Å². The van der Waals surface area contributed by atoms with Crippen LogP contribution in [0.25, 0.3) is 12.2 Å². The third kappa shape index (κ3) is 5.80. The normalized spacial score (nSPS) is 10.6. The molecule has 0 atom stereocenters. The van der Waals surface area contributed by atoms with E-state index in [0.29, 0.717) is 42.8 Å². The monoisotopic (exact) mass is 419 g/mol. The quantitative estimate of drug-likeness (QED) is 0.505. The topological polar surface area (TPSA) is 89.5 Å². The van der Waals surface area contributed by atoms with Gasteiger partial charge >= 0.3 is 0 Å². The van der Waals surface area contributed by atoms with Crippen LogP contribution in [0.15, 0.2) is 46.9 Å². The zero-order chi connectivity index (χ0) is 22.1. The van der Waals surface area contributed by atoms with E-state index in [0.717, 1.165) is 16.9 Å². The Labute approximate surface area is 181 Å². The molecular weight excluding hydrogens is 394 g/mol. The number of oxazole rings is 1. The lowest BCUT2D eigenvalue weighted by atomic mass is 10.1. The Hall–Kier alpha value is -3.92. The summed E-state index contributed by atoms with van der Waals surface area (Å²) in [5.41, 5.74) is 2.26. The first-order valence-corrected chi connectivity index (χ1v) is 9.93. The van der Waals surface area contributed by atoms with Gasteiger partial charge in [0.25, 0.3) is 0 Å². The lowest BCUT2D eigenvalue weighted by molar-refractivity contribution is 0.340. The van der Waals surface area contributed by atoms with Gasteiger partial charge in [-0.25, -0.2) is 0 Å². The van der Waals surface area contributed by atoms with Gasteiger partial charge in [0, 0.05) is 12.6 Å². The third-order valence-electron chi connectivity index (χ3n) is 4.51. The van der Waals surface area contributed by atoms with E-state index >= 15 is 0 Å². The van der Waals surface area contributed by atoms with Crippen LogP contribution < -0.4 is 19.5 Å². The van der Waals surface area contributed by atoms with Gasteiger partial charge in [-0.05, 0) is 54.8 Å². The number of ether oxygens (including phenoxy) is 3. The van der Waals surface area contributed by atoms with E-state index in [9.17, 15) is 5.26 Å². The average Bonchev–Trinajstić information content (AvgIpc) is 3.20. The molecular formula is C24H25N3O4. The van der Waals surface area contributed by atoms with Crippen molar-refractivity contribution in [2.75, 3.05) is 32.7 Å². The number of nitriles is 1. The van der Waals surface area contributed by atoms with Crippen molar-refractivity contribution in [3.63, 3.8) is 0 Å². The molecule has 0 aliphatic carbocycles. The van der Waals surface area contributed by atoms with E-state index in [4.69, 9.17) is 18.6 Å². The summed E-state index contributed by atoms with van der Waals surface area (Å²) in [5, 5.41) is 12.5. The minimum absolute atomic E-state index is 0.221. The molecule has 0 saturated carbocycles. The molecule has 1 heterocycles. The molecule has 0 aliphatic heterocycles. The molecule has 31 heavy (non-hydrogen) atoms. The Kier molecular flexibility index (Phi) is 7.55. The molecule has 7 heteroatoms. The smallest absolute Gasteiger partial charge is 0.232 e. The summed E-state index contributed by atoms with van der Waals surface area (Å²) in [4.78, 5) is 4.23. The predicted octanol–water partition coefficient (Wildman–Crippen LogP) is 4.79. The maximum atomic E-state index is 9.36. The highest BCUT2D eigenvalue weighted by molar-refractivity contribution is 5.67. The van der Waals surface area contributed by atoms with E-state index in [1.165, 1.54) is 0 Å². The SMILES string of the molecule is CCOc1ccc(C=Cc2nc(C#N)c(NCCc3ccc(OC)c(OC)c3)o2)cc1. The van der Waals surface area contributed by atoms with Crippen LogP contribution in [0.1, 0.15) is 29.6 Å². The molecule has 2 aromatic carbocycles. The van der Waals surface area contributed by atoms with Gasteiger partial charge < -0.3 is 23.9 Å². The van der Waals surface area contributed by atoms with E-state index in [2.05, 4.69) is 16.4 Å². The molecule has 0 spiro atoms. The summed E-state index contributed by atoms with van der Waals surface area (Å²) in [6, 6.07) is 15.5. The summed E-state index contributed by atoms with van der Waals surface area (Å²) in [5.74, 6) is 2.90. The standard InChI is InChI=1S/C24H25N3O4/c1-4-30-19-9-5-17(6-10-19)8-12-23-27-20(16-25)24(31-23)26-14-13-18-7-11-21(28-2)22(15-18)29-3/h5-12,15,26H,4,13-14H2,1-3H3. The number of nitrogens with one attached hydrogen (secondary N) is 1. The van der Waals surface area contributed by atoms with Crippen molar-refractivity contribution in [1.82, 2.24) is 4.98 Å². The average molecular weight is 419 g/mol. The number of rotatable bonds is 10. The fourth-order valence-electron chi connectivity index (χ4n) is 2.97. The second-order valence-corrected chi connectivity index (χ2v) is 6.54. The lowest BCUT2D eigenvalue weighted by Crippen LogP contribution is -2.05. The molecule has 1 N–H and O–H groups in total. The molecule has 3 rings (SSSR count).